The molecule has 0 saturated heterocycles. The maximum absolute atomic E-state index is 12.7. The minimum Gasteiger partial charge on any atom is -0.496 e. The summed E-state index contributed by atoms with van der Waals surface area (Å²) in [6.07, 6.45) is 0.794. The molecule has 0 radical (unpaired) electrons. The van der Waals surface area contributed by atoms with E-state index in [0.29, 0.717) is 11.3 Å². The summed E-state index contributed by atoms with van der Waals surface area (Å²) in [6, 6.07) is 21.9. The van der Waals surface area contributed by atoms with Crippen LogP contribution < -0.4 is 10.1 Å². The average molecular weight is 319 g/mol. The van der Waals surface area contributed by atoms with Gasteiger partial charge in [-0.25, -0.2) is 0 Å². The fourth-order valence-electron chi connectivity index (χ4n) is 2.89. The number of ether oxygens (including phenoxy) is 1. The standard InChI is InChI=1S/C21H21NO2/c1-15(12-16-8-4-3-5-9-16)22-21(23)19-13-17-10-6-7-11-18(17)14-20(19)24-2/h3-11,13-15H,12H2,1-2H3,(H,22,23)/t15-/m0/s1. The van der Waals surface area contributed by atoms with Crippen molar-refractivity contribution in [2.24, 2.45) is 0 Å². The van der Waals surface area contributed by atoms with E-state index in [-0.39, 0.29) is 11.9 Å². The van der Waals surface area contributed by atoms with Gasteiger partial charge in [-0.05, 0) is 41.8 Å². The molecule has 1 amide bonds. The Morgan fingerprint density at radius 1 is 1.00 bits per heavy atom. The molecule has 0 aliphatic rings. The number of carbonyl (C=O) groups is 1. The topological polar surface area (TPSA) is 38.3 Å². The molecular formula is C21H21NO2. The van der Waals surface area contributed by atoms with Crippen LogP contribution in [0.4, 0.5) is 0 Å². The number of carbonyl (C=O) groups excluding carboxylic acids is 1. The lowest BCUT2D eigenvalue weighted by Gasteiger charge is -2.16. The minimum absolute atomic E-state index is 0.0380. The molecule has 0 spiro atoms. The maximum atomic E-state index is 12.7. The van der Waals surface area contributed by atoms with Gasteiger partial charge in [0.25, 0.3) is 5.91 Å². The third-order valence-electron chi connectivity index (χ3n) is 4.07. The summed E-state index contributed by atoms with van der Waals surface area (Å²) in [5.41, 5.74) is 1.77. The molecule has 3 heteroatoms. The second kappa shape index (κ2) is 7.18. The molecule has 0 fully saturated rings. The largest absolute Gasteiger partial charge is 0.496 e. The first-order valence-corrected chi connectivity index (χ1v) is 8.09. The van der Waals surface area contributed by atoms with E-state index >= 15 is 0 Å². The van der Waals surface area contributed by atoms with Crippen molar-refractivity contribution in [3.05, 3.63) is 77.9 Å². The van der Waals surface area contributed by atoms with E-state index in [1.165, 1.54) is 5.56 Å². The summed E-state index contributed by atoms with van der Waals surface area (Å²) in [5.74, 6) is 0.485. The number of nitrogens with one attached hydrogen (secondary N) is 1. The Morgan fingerprint density at radius 3 is 2.29 bits per heavy atom. The third kappa shape index (κ3) is 3.57. The van der Waals surface area contributed by atoms with Crippen LogP contribution in [0.1, 0.15) is 22.8 Å². The quantitative estimate of drug-likeness (QED) is 0.765. The fraction of sp³-hybridized carbons (Fsp3) is 0.190. The van der Waals surface area contributed by atoms with Crippen LogP contribution in [0.3, 0.4) is 0 Å². The molecule has 3 nitrogen and oxygen atoms in total. The Labute approximate surface area is 142 Å². The van der Waals surface area contributed by atoms with Gasteiger partial charge in [0.1, 0.15) is 5.75 Å². The van der Waals surface area contributed by atoms with Gasteiger partial charge >= 0.3 is 0 Å². The van der Waals surface area contributed by atoms with Gasteiger partial charge in [0.2, 0.25) is 0 Å². The second-order valence-electron chi connectivity index (χ2n) is 5.96. The van der Waals surface area contributed by atoms with Crippen LogP contribution in [0.2, 0.25) is 0 Å². The van der Waals surface area contributed by atoms with Crippen LogP contribution in [-0.4, -0.2) is 19.1 Å². The smallest absolute Gasteiger partial charge is 0.255 e. The molecule has 0 heterocycles. The van der Waals surface area contributed by atoms with Gasteiger partial charge in [-0.15, -0.1) is 0 Å². The van der Waals surface area contributed by atoms with Gasteiger partial charge in [0.05, 0.1) is 12.7 Å². The molecule has 0 aliphatic carbocycles. The molecule has 0 unspecified atom stereocenters. The lowest BCUT2D eigenvalue weighted by molar-refractivity contribution is 0.0937. The summed E-state index contributed by atoms with van der Waals surface area (Å²) in [7, 11) is 1.59. The summed E-state index contributed by atoms with van der Waals surface area (Å²) < 4.78 is 5.41. The predicted octanol–water partition coefficient (Wildman–Crippen LogP) is 4.21. The van der Waals surface area contributed by atoms with Crippen molar-refractivity contribution < 1.29 is 9.53 Å². The van der Waals surface area contributed by atoms with Crippen LogP contribution in [0.15, 0.2) is 66.7 Å². The van der Waals surface area contributed by atoms with Gasteiger partial charge in [-0.1, -0.05) is 54.6 Å². The van der Waals surface area contributed by atoms with Gasteiger partial charge < -0.3 is 10.1 Å². The van der Waals surface area contributed by atoms with Gasteiger partial charge in [-0.2, -0.15) is 0 Å². The van der Waals surface area contributed by atoms with Crippen molar-refractivity contribution in [2.75, 3.05) is 7.11 Å². The lowest BCUT2D eigenvalue weighted by Crippen LogP contribution is -2.34. The highest BCUT2D eigenvalue weighted by Crippen LogP contribution is 2.26. The monoisotopic (exact) mass is 319 g/mol. The van der Waals surface area contributed by atoms with Crippen molar-refractivity contribution in [1.29, 1.82) is 0 Å². The van der Waals surface area contributed by atoms with E-state index in [4.69, 9.17) is 4.74 Å². The van der Waals surface area contributed by atoms with E-state index in [1.807, 2.05) is 61.5 Å². The van der Waals surface area contributed by atoms with Crippen LogP contribution in [0.5, 0.6) is 5.75 Å². The Balaban J connectivity index is 1.80. The highest BCUT2D eigenvalue weighted by atomic mass is 16.5. The third-order valence-corrected chi connectivity index (χ3v) is 4.07. The van der Waals surface area contributed by atoms with E-state index < -0.39 is 0 Å². The summed E-state index contributed by atoms with van der Waals surface area (Å²) in [5, 5.41) is 5.15. The minimum atomic E-state index is -0.110. The molecule has 0 bridgehead atoms. The molecule has 122 valence electrons. The zero-order valence-electron chi connectivity index (χ0n) is 14.0. The Bertz CT molecular complexity index is 843. The average Bonchev–Trinajstić information content (AvgIpc) is 2.61. The first-order valence-electron chi connectivity index (χ1n) is 8.09. The van der Waals surface area contributed by atoms with Gasteiger partial charge in [-0.3, -0.25) is 4.79 Å². The molecular weight excluding hydrogens is 298 g/mol. The summed E-state index contributed by atoms with van der Waals surface area (Å²) >= 11 is 0. The SMILES string of the molecule is COc1cc2ccccc2cc1C(=O)N[C@@H](C)Cc1ccccc1. The number of amides is 1. The van der Waals surface area contributed by atoms with Crippen molar-refractivity contribution in [3.63, 3.8) is 0 Å². The predicted molar refractivity (Wildman–Crippen MR) is 97.6 cm³/mol. The Hall–Kier alpha value is -2.81. The molecule has 1 N–H and O–H groups in total. The number of rotatable bonds is 5. The van der Waals surface area contributed by atoms with Crippen LogP contribution in [0.25, 0.3) is 10.8 Å². The van der Waals surface area contributed by atoms with Crippen LogP contribution >= 0.6 is 0 Å². The lowest BCUT2D eigenvalue weighted by atomic mass is 10.0. The first kappa shape index (κ1) is 16.1. The zero-order valence-corrected chi connectivity index (χ0v) is 14.0. The number of benzene rings is 3. The normalized spacial score (nSPS) is 11.9. The van der Waals surface area contributed by atoms with Crippen molar-refractivity contribution in [2.45, 2.75) is 19.4 Å². The van der Waals surface area contributed by atoms with Gasteiger partial charge in [0.15, 0.2) is 0 Å². The molecule has 0 aromatic heterocycles. The highest BCUT2D eigenvalue weighted by molar-refractivity contribution is 6.01. The Morgan fingerprint density at radius 2 is 1.62 bits per heavy atom. The van der Waals surface area contributed by atoms with E-state index in [0.717, 1.165) is 17.2 Å². The van der Waals surface area contributed by atoms with Crippen molar-refractivity contribution in [1.82, 2.24) is 5.32 Å². The molecule has 1 atom stereocenters. The summed E-state index contributed by atoms with van der Waals surface area (Å²) in [6.45, 7) is 2.01. The van der Waals surface area contributed by atoms with Crippen molar-refractivity contribution >= 4 is 16.7 Å². The molecule has 24 heavy (non-hydrogen) atoms. The number of fused-ring (bicyclic) bond motifs is 1. The number of hydrogen-bond acceptors (Lipinski definition) is 2. The fourth-order valence-corrected chi connectivity index (χ4v) is 2.89. The molecule has 0 saturated carbocycles. The highest BCUT2D eigenvalue weighted by Gasteiger charge is 2.16. The molecule has 3 aromatic carbocycles. The first-order chi connectivity index (χ1) is 11.7. The Kier molecular flexibility index (Phi) is 4.80. The van der Waals surface area contributed by atoms with Crippen LogP contribution in [-0.2, 0) is 6.42 Å². The van der Waals surface area contributed by atoms with Crippen molar-refractivity contribution in [3.8, 4) is 5.75 Å². The number of hydrogen-bond donors (Lipinski definition) is 1. The van der Waals surface area contributed by atoms with E-state index in [9.17, 15) is 4.79 Å². The zero-order chi connectivity index (χ0) is 16.9. The van der Waals surface area contributed by atoms with E-state index in [1.54, 1.807) is 7.11 Å². The maximum Gasteiger partial charge on any atom is 0.255 e. The molecule has 3 rings (SSSR count). The van der Waals surface area contributed by atoms with E-state index in [2.05, 4.69) is 17.4 Å². The molecule has 0 aliphatic heterocycles. The van der Waals surface area contributed by atoms with Gasteiger partial charge in [0, 0.05) is 6.04 Å². The second-order valence-corrected chi connectivity index (χ2v) is 5.96. The van der Waals surface area contributed by atoms with Crippen LogP contribution in [0, 0.1) is 0 Å². The summed E-state index contributed by atoms with van der Waals surface area (Å²) in [4.78, 5) is 12.7. The number of methoxy groups -OCH3 is 1. The molecule has 3 aromatic rings.